The van der Waals surface area contributed by atoms with Gasteiger partial charge in [0.05, 0.1) is 12.0 Å². The van der Waals surface area contributed by atoms with E-state index in [1.165, 1.54) is 36.0 Å². The third-order valence-electron chi connectivity index (χ3n) is 4.66. The van der Waals surface area contributed by atoms with Crippen LogP contribution in [0.3, 0.4) is 0 Å². The molecule has 19 heavy (non-hydrogen) atoms. The minimum absolute atomic E-state index is 0.174. The first-order valence-corrected chi connectivity index (χ1v) is 13.0. The molecule has 1 aliphatic heterocycles. The van der Waals surface area contributed by atoms with Crippen LogP contribution in [-0.2, 0) is 15.6 Å². The second kappa shape index (κ2) is 5.57. The van der Waals surface area contributed by atoms with Gasteiger partial charge in [-0.05, 0) is 43.5 Å². The fourth-order valence-electron chi connectivity index (χ4n) is 3.60. The maximum absolute atomic E-state index is 6.23. The summed E-state index contributed by atoms with van der Waals surface area (Å²) in [5.74, 6) is 2.06. The Labute approximate surface area is 123 Å². The van der Waals surface area contributed by atoms with Crippen molar-refractivity contribution in [3.05, 3.63) is 12.2 Å². The minimum atomic E-state index is -0.969. The zero-order valence-corrected chi connectivity index (χ0v) is 15.2. The fourth-order valence-corrected chi connectivity index (χ4v) is 11.4. The van der Waals surface area contributed by atoms with E-state index < -0.39 is 8.07 Å². The highest BCUT2D eigenvalue weighted by atomic mass is 32.2. The molecule has 0 spiro atoms. The molecule has 2 rings (SSSR count). The molecule has 0 aromatic rings. The number of hydrogen-bond acceptors (Lipinski definition) is 1. The van der Waals surface area contributed by atoms with E-state index in [2.05, 4.69) is 40.1 Å². The Bertz CT molecular complexity index is 349. The van der Waals surface area contributed by atoms with Crippen molar-refractivity contribution in [1.29, 1.82) is 0 Å². The molecule has 0 radical (unpaired) electrons. The molecule has 0 aromatic heterocycles. The Morgan fingerprint density at radius 2 is 2.11 bits per heavy atom. The summed E-state index contributed by atoms with van der Waals surface area (Å²) < 4.78 is 6.23. The maximum atomic E-state index is 6.23. The van der Waals surface area contributed by atoms with Crippen molar-refractivity contribution in [3.63, 3.8) is 0 Å². The number of rotatable bonds is 3. The topological polar surface area (TPSA) is 9.23 Å². The van der Waals surface area contributed by atoms with Gasteiger partial charge in [0.15, 0.2) is 0 Å². The molecule has 2 fully saturated rings. The molecule has 4 atom stereocenters. The van der Waals surface area contributed by atoms with Gasteiger partial charge >= 0.3 is 0 Å². The molecular formula is C16H31OSSi+. The van der Waals surface area contributed by atoms with Crippen molar-refractivity contribution in [3.8, 4) is 0 Å². The summed E-state index contributed by atoms with van der Waals surface area (Å²) in [6.45, 7) is 17.4. The van der Waals surface area contributed by atoms with Crippen molar-refractivity contribution >= 4 is 19.0 Å². The van der Waals surface area contributed by atoms with Crippen LogP contribution < -0.4 is 0 Å². The highest BCUT2D eigenvalue weighted by molar-refractivity contribution is 7.99. The predicted octanol–water partition coefficient (Wildman–Crippen LogP) is 4.02. The van der Waals surface area contributed by atoms with E-state index in [0.717, 1.165) is 17.8 Å². The molecule has 110 valence electrons. The van der Waals surface area contributed by atoms with E-state index in [1.807, 2.05) is 0 Å². The summed E-state index contributed by atoms with van der Waals surface area (Å²) in [4.78, 5) is 0. The van der Waals surface area contributed by atoms with Crippen molar-refractivity contribution in [2.45, 2.75) is 63.6 Å². The van der Waals surface area contributed by atoms with Crippen LogP contribution in [0.2, 0.25) is 19.6 Å². The number of hydrogen-bond donors (Lipinski definition) is 0. The van der Waals surface area contributed by atoms with Crippen LogP contribution in [0.15, 0.2) is 12.2 Å². The van der Waals surface area contributed by atoms with Crippen LogP contribution in [0.1, 0.15) is 33.1 Å². The molecule has 0 bridgehead atoms. The average Bonchev–Trinajstić information content (AvgIpc) is 2.26. The summed E-state index contributed by atoms with van der Waals surface area (Å²) in [7, 11) is -0.380. The van der Waals surface area contributed by atoms with Crippen LogP contribution in [0, 0.1) is 5.92 Å². The smallest absolute Gasteiger partial charge is 0.147 e. The van der Waals surface area contributed by atoms with E-state index in [9.17, 15) is 0 Å². The first-order chi connectivity index (χ1) is 8.71. The van der Waals surface area contributed by atoms with Gasteiger partial charge in [-0.15, -0.1) is 0 Å². The summed E-state index contributed by atoms with van der Waals surface area (Å²) >= 11 is 0. The van der Waals surface area contributed by atoms with Crippen LogP contribution in [0.25, 0.3) is 0 Å². The lowest BCUT2D eigenvalue weighted by molar-refractivity contribution is -0.0574. The number of allylic oxidation sites excluding steroid dienone is 1. The van der Waals surface area contributed by atoms with E-state index in [4.69, 9.17) is 4.74 Å². The van der Waals surface area contributed by atoms with E-state index in [-0.39, 0.29) is 5.60 Å². The molecular weight excluding hydrogens is 268 g/mol. The van der Waals surface area contributed by atoms with Gasteiger partial charge in [0.25, 0.3) is 0 Å². The second-order valence-corrected chi connectivity index (χ2v) is 16.2. The molecule has 3 heteroatoms. The van der Waals surface area contributed by atoms with Crippen LogP contribution >= 0.6 is 0 Å². The first kappa shape index (κ1) is 15.7. The Morgan fingerprint density at radius 3 is 2.68 bits per heavy atom. The van der Waals surface area contributed by atoms with Gasteiger partial charge in [-0.2, -0.15) is 0 Å². The van der Waals surface area contributed by atoms with Gasteiger partial charge in [-0.1, -0.05) is 31.8 Å². The molecule has 0 amide bonds. The van der Waals surface area contributed by atoms with E-state index in [0.29, 0.717) is 10.9 Å². The van der Waals surface area contributed by atoms with Crippen molar-refractivity contribution < 1.29 is 4.74 Å². The Morgan fingerprint density at radius 1 is 1.42 bits per heavy atom. The van der Waals surface area contributed by atoms with Crippen molar-refractivity contribution in [1.82, 2.24) is 0 Å². The molecule has 1 heterocycles. The van der Waals surface area contributed by atoms with Crippen LogP contribution in [0.5, 0.6) is 0 Å². The lowest BCUT2D eigenvalue weighted by atomic mass is 9.76. The SMILES string of the molecule is C=C(C)[C@H]1CC[C@@]2(C)OCC[S+](C[Si](C)(C)C)[C@@H]2C1. The largest absolute Gasteiger partial charge is 0.365 e. The second-order valence-electron chi connectivity index (χ2n) is 7.91. The highest BCUT2D eigenvalue weighted by Crippen LogP contribution is 2.44. The summed E-state index contributed by atoms with van der Waals surface area (Å²) in [6.07, 6.45) is 3.86. The average molecular weight is 300 g/mol. The number of fused-ring (bicyclic) bond motifs is 1. The summed E-state index contributed by atoms with van der Waals surface area (Å²) in [5.41, 5.74) is 1.57. The van der Waals surface area contributed by atoms with Gasteiger partial charge in [-0.25, -0.2) is 0 Å². The fraction of sp³-hybridized carbons (Fsp3) is 0.875. The molecule has 2 aliphatic rings. The molecule has 0 N–H and O–H groups in total. The Hall–Kier alpha value is 0.267. The molecule has 1 unspecified atom stereocenters. The van der Waals surface area contributed by atoms with Gasteiger partial charge < -0.3 is 4.74 Å². The Balaban J connectivity index is 2.14. The lowest BCUT2D eigenvalue weighted by Crippen LogP contribution is -2.58. The zero-order chi connectivity index (χ0) is 14.3. The van der Waals surface area contributed by atoms with Crippen LogP contribution in [-0.4, -0.2) is 36.7 Å². The van der Waals surface area contributed by atoms with Gasteiger partial charge in [0, 0.05) is 6.42 Å². The standard InChI is InChI=1S/C16H31OSSi/c1-13(2)14-7-8-16(3)15(11-14)18(10-9-17-16)12-19(4,5)6/h14-15H,1,7-12H2,2-6H3/q+1/t14-,15+,16+,18?/m0/s1. The van der Waals surface area contributed by atoms with Crippen LogP contribution in [0.4, 0.5) is 0 Å². The molecule has 1 aliphatic carbocycles. The van der Waals surface area contributed by atoms with Crippen molar-refractivity contribution in [2.75, 3.05) is 17.7 Å². The predicted molar refractivity (Wildman–Crippen MR) is 90.7 cm³/mol. The third-order valence-corrected chi connectivity index (χ3v) is 11.8. The zero-order valence-electron chi connectivity index (χ0n) is 13.4. The Kier molecular flexibility index (Phi) is 4.59. The first-order valence-electron chi connectivity index (χ1n) is 7.67. The number of ether oxygens (including phenoxy) is 1. The van der Waals surface area contributed by atoms with Gasteiger partial charge in [0.2, 0.25) is 0 Å². The quantitative estimate of drug-likeness (QED) is 0.434. The summed E-state index contributed by atoms with van der Waals surface area (Å²) in [6, 6.07) is 0. The molecule has 1 nitrogen and oxygen atoms in total. The van der Waals surface area contributed by atoms with Gasteiger partial charge in [0.1, 0.15) is 24.7 Å². The molecule has 1 saturated carbocycles. The lowest BCUT2D eigenvalue weighted by Gasteiger charge is -2.46. The molecule has 0 aromatic carbocycles. The van der Waals surface area contributed by atoms with Gasteiger partial charge in [-0.3, -0.25) is 0 Å². The van der Waals surface area contributed by atoms with E-state index in [1.54, 1.807) is 0 Å². The maximum Gasteiger partial charge on any atom is 0.147 e. The highest BCUT2D eigenvalue weighted by Gasteiger charge is 2.54. The summed E-state index contributed by atoms with van der Waals surface area (Å²) in [5, 5.41) is 2.29. The third kappa shape index (κ3) is 3.67. The monoisotopic (exact) mass is 299 g/mol. The normalized spacial score (nSPS) is 39.7. The van der Waals surface area contributed by atoms with Crippen molar-refractivity contribution in [2.24, 2.45) is 5.92 Å². The van der Waals surface area contributed by atoms with E-state index >= 15 is 0 Å². The molecule has 1 saturated heterocycles. The minimum Gasteiger partial charge on any atom is -0.365 e.